The molecule has 6 fully saturated rings. The Morgan fingerprint density at radius 1 is 0.914 bits per heavy atom. The average Bonchev–Trinajstić information content (AvgIpc) is 3.46. The summed E-state index contributed by atoms with van der Waals surface area (Å²) in [6.45, 7) is 7.99. The predicted octanol–water partition coefficient (Wildman–Crippen LogP) is 2.15. The number of nitrogens with zero attached hydrogens (tertiary/aromatic N) is 2. The average molecular weight is 493 g/mol. The van der Waals surface area contributed by atoms with Gasteiger partial charge in [0.25, 0.3) is 0 Å². The number of carbonyl (C=O) groups is 1. The summed E-state index contributed by atoms with van der Waals surface area (Å²) in [5.41, 5.74) is -1.14. The van der Waals surface area contributed by atoms with E-state index < -0.39 is 30.0 Å². The molecule has 1 aliphatic heterocycles. The van der Waals surface area contributed by atoms with Crippen LogP contribution in [0.5, 0.6) is 0 Å². The van der Waals surface area contributed by atoms with E-state index in [1.807, 2.05) is 4.90 Å². The zero-order valence-corrected chi connectivity index (χ0v) is 22.0. The SMILES string of the molecule is CC(C)(C)C(=O)N(CCCCCCN1C[C@H](O)[C@@H](O)[C@H](O)C12CC2O)C1C2CC3CC(C2)CC1C3. The molecule has 1 heterocycles. The molecule has 1 saturated heterocycles. The van der Waals surface area contributed by atoms with E-state index in [-0.39, 0.29) is 12.0 Å². The van der Waals surface area contributed by atoms with Crippen molar-refractivity contribution in [3.63, 3.8) is 0 Å². The van der Waals surface area contributed by atoms with Crippen molar-refractivity contribution < 1.29 is 25.2 Å². The minimum Gasteiger partial charge on any atom is -0.391 e. The summed E-state index contributed by atoms with van der Waals surface area (Å²) in [5, 5.41) is 40.8. The van der Waals surface area contributed by atoms with Gasteiger partial charge >= 0.3 is 0 Å². The Morgan fingerprint density at radius 3 is 2.03 bits per heavy atom. The number of hydrogen-bond donors (Lipinski definition) is 4. The summed E-state index contributed by atoms with van der Waals surface area (Å²) in [7, 11) is 0. The maximum Gasteiger partial charge on any atom is 0.228 e. The molecule has 1 amide bonds. The summed E-state index contributed by atoms with van der Waals surface area (Å²) in [6.07, 6.45) is 7.19. The zero-order valence-electron chi connectivity index (χ0n) is 22.0. The molecule has 200 valence electrons. The van der Waals surface area contributed by atoms with Crippen LogP contribution in [0.25, 0.3) is 0 Å². The molecule has 6 aliphatic rings. The number of carbonyl (C=O) groups excluding carboxylic acids is 1. The largest absolute Gasteiger partial charge is 0.391 e. The number of aliphatic hydroxyl groups is 4. The quantitative estimate of drug-likeness (QED) is 0.387. The standard InChI is InChI=1S/C28H48N2O5/c1-27(2,3)26(35)30(23-19-11-17-10-18(13-19)14-20(23)12-17)9-7-5-4-6-8-29-16-21(31)24(33)25(34)28(29)15-22(28)32/h17-25,31-34H,4-16H2,1-3H3/t17?,18?,19?,20?,21-,22?,23?,24+,25-,28?/m0/s1. The molecule has 6 rings (SSSR count). The van der Waals surface area contributed by atoms with Gasteiger partial charge in [0.15, 0.2) is 0 Å². The van der Waals surface area contributed by atoms with Gasteiger partial charge in [-0.05, 0) is 81.6 Å². The minimum absolute atomic E-state index is 0.287. The number of aliphatic hydroxyl groups excluding tert-OH is 4. The number of likely N-dealkylation sites (tertiary alicyclic amines) is 1. The van der Waals surface area contributed by atoms with Gasteiger partial charge in [0.1, 0.15) is 12.2 Å². The molecule has 4 bridgehead atoms. The molecular formula is C28H48N2O5. The lowest BCUT2D eigenvalue weighted by Gasteiger charge is -2.57. The van der Waals surface area contributed by atoms with E-state index in [4.69, 9.17) is 0 Å². The molecule has 7 heteroatoms. The van der Waals surface area contributed by atoms with Crippen molar-refractivity contribution in [3.8, 4) is 0 Å². The number of unbranched alkanes of at least 4 members (excludes halogenated alkanes) is 3. The Labute approximate surface area is 210 Å². The van der Waals surface area contributed by atoms with Gasteiger partial charge in [-0.15, -0.1) is 0 Å². The molecule has 0 aromatic rings. The fourth-order valence-corrected chi connectivity index (χ4v) is 8.57. The number of hydrogen-bond acceptors (Lipinski definition) is 6. The smallest absolute Gasteiger partial charge is 0.228 e. The van der Waals surface area contributed by atoms with Crippen LogP contribution in [0.3, 0.4) is 0 Å². The topological polar surface area (TPSA) is 104 Å². The molecule has 5 atom stereocenters. The van der Waals surface area contributed by atoms with E-state index in [2.05, 4.69) is 25.7 Å². The van der Waals surface area contributed by atoms with Gasteiger partial charge in [0, 0.05) is 24.5 Å². The van der Waals surface area contributed by atoms with Crippen molar-refractivity contribution in [3.05, 3.63) is 0 Å². The van der Waals surface area contributed by atoms with Gasteiger partial charge < -0.3 is 25.3 Å². The van der Waals surface area contributed by atoms with E-state index >= 15 is 0 Å². The van der Waals surface area contributed by atoms with Crippen LogP contribution in [-0.2, 0) is 4.79 Å². The van der Waals surface area contributed by atoms with Gasteiger partial charge in [-0.2, -0.15) is 0 Å². The van der Waals surface area contributed by atoms with Crippen molar-refractivity contribution in [1.82, 2.24) is 9.80 Å². The number of rotatable bonds is 8. The van der Waals surface area contributed by atoms with Gasteiger partial charge in [-0.3, -0.25) is 9.69 Å². The second-order valence-corrected chi connectivity index (χ2v) is 13.7. The predicted molar refractivity (Wildman–Crippen MR) is 133 cm³/mol. The van der Waals surface area contributed by atoms with Crippen LogP contribution in [0.1, 0.15) is 85.0 Å². The monoisotopic (exact) mass is 492 g/mol. The van der Waals surface area contributed by atoms with Crippen LogP contribution in [0.4, 0.5) is 0 Å². The van der Waals surface area contributed by atoms with Gasteiger partial charge in [0.2, 0.25) is 5.91 Å². The third-order valence-electron chi connectivity index (χ3n) is 10.2. The van der Waals surface area contributed by atoms with Crippen molar-refractivity contribution in [2.75, 3.05) is 19.6 Å². The Hall–Kier alpha value is -0.730. The maximum atomic E-state index is 13.5. The minimum atomic E-state index is -1.19. The molecule has 2 unspecified atom stereocenters. The van der Waals surface area contributed by atoms with Gasteiger partial charge in [-0.1, -0.05) is 33.6 Å². The highest BCUT2D eigenvalue weighted by molar-refractivity contribution is 5.82. The van der Waals surface area contributed by atoms with Crippen LogP contribution in [0.2, 0.25) is 0 Å². The number of piperidine rings is 1. The first kappa shape index (κ1) is 25.9. The highest BCUT2D eigenvalue weighted by atomic mass is 16.4. The van der Waals surface area contributed by atoms with E-state index in [0.717, 1.165) is 44.1 Å². The van der Waals surface area contributed by atoms with E-state index in [1.54, 1.807) is 0 Å². The Morgan fingerprint density at radius 2 is 1.49 bits per heavy atom. The van der Waals surface area contributed by atoms with E-state index in [1.165, 1.54) is 32.1 Å². The van der Waals surface area contributed by atoms with Crippen LogP contribution in [-0.4, -0.2) is 91.8 Å². The third-order valence-corrected chi connectivity index (χ3v) is 10.2. The summed E-state index contributed by atoms with van der Waals surface area (Å²) in [4.78, 5) is 17.8. The number of β-amino-alcohol motifs (C(OH)–C–C–N with tert-alkyl or cyclic N) is 1. The first-order valence-corrected chi connectivity index (χ1v) is 14.3. The molecule has 0 aromatic carbocycles. The van der Waals surface area contributed by atoms with Crippen molar-refractivity contribution >= 4 is 5.91 Å². The van der Waals surface area contributed by atoms with Crippen LogP contribution in [0, 0.1) is 29.1 Å². The summed E-state index contributed by atoms with van der Waals surface area (Å²) in [6, 6.07) is 0.438. The second-order valence-electron chi connectivity index (χ2n) is 13.7. The lowest BCUT2D eigenvalue weighted by molar-refractivity contribution is -0.154. The first-order valence-electron chi connectivity index (χ1n) is 14.3. The molecule has 0 aromatic heterocycles. The maximum absolute atomic E-state index is 13.5. The Balaban J connectivity index is 1.13. The molecule has 0 radical (unpaired) electrons. The fraction of sp³-hybridized carbons (Fsp3) is 0.964. The van der Waals surface area contributed by atoms with Gasteiger partial charge in [0.05, 0.1) is 17.7 Å². The summed E-state index contributed by atoms with van der Waals surface area (Å²) in [5.74, 6) is 3.52. The lowest BCUT2D eigenvalue weighted by atomic mass is 9.53. The molecular weight excluding hydrogens is 444 g/mol. The van der Waals surface area contributed by atoms with E-state index in [0.29, 0.717) is 36.8 Å². The molecule has 1 spiro atoms. The second kappa shape index (κ2) is 9.54. The summed E-state index contributed by atoms with van der Waals surface area (Å²) >= 11 is 0. The lowest BCUT2D eigenvalue weighted by Crippen LogP contribution is -2.64. The molecule has 5 saturated carbocycles. The Bertz CT molecular complexity index is 756. The van der Waals surface area contributed by atoms with Crippen LogP contribution < -0.4 is 0 Å². The highest BCUT2D eigenvalue weighted by Gasteiger charge is 2.66. The van der Waals surface area contributed by atoms with Crippen molar-refractivity contribution in [1.29, 1.82) is 0 Å². The molecule has 5 aliphatic carbocycles. The van der Waals surface area contributed by atoms with Gasteiger partial charge in [-0.25, -0.2) is 0 Å². The molecule has 7 nitrogen and oxygen atoms in total. The fourth-order valence-electron chi connectivity index (χ4n) is 8.57. The van der Waals surface area contributed by atoms with Crippen molar-refractivity contribution in [2.45, 2.75) is 121 Å². The number of amides is 1. The zero-order chi connectivity index (χ0) is 25.1. The van der Waals surface area contributed by atoms with E-state index in [9.17, 15) is 25.2 Å². The molecule has 35 heavy (non-hydrogen) atoms. The van der Waals surface area contributed by atoms with Crippen LogP contribution >= 0.6 is 0 Å². The normalized spacial score (nSPS) is 44.7. The van der Waals surface area contributed by atoms with Crippen LogP contribution in [0.15, 0.2) is 0 Å². The Kier molecular flexibility index (Phi) is 7.06. The third kappa shape index (κ3) is 4.69. The highest BCUT2D eigenvalue weighted by Crippen LogP contribution is 2.55. The van der Waals surface area contributed by atoms with Crippen molar-refractivity contribution in [2.24, 2.45) is 29.1 Å². The molecule has 4 N–H and O–H groups in total. The first-order chi connectivity index (χ1) is 16.5. The summed E-state index contributed by atoms with van der Waals surface area (Å²) < 4.78 is 0.